The second-order valence-electron chi connectivity index (χ2n) is 3.70. The Morgan fingerprint density at radius 3 is 3.16 bits per heavy atom. The van der Waals surface area contributed by atoms with Crippen LogP contribution in [0.3, 0.4) is 0 Å². The molecule has 0 atom stereocenters. The highest BCUT2D eigenvalue weighted by Gasteiger charge is 2.13. The lowest BCUT2D eigenvalue weighted by molar-refractivity contribution is 0.0950. The first-order valence-electron chi connectivity index (χ1n) is 5.58. The third-order valence-electron chi connectivity index (χ3n) is 2.45. The monoisotopic (exact) mass is 276 g/mol. The van der Waals surface area contributed by atoms with Gasteiger partial charge in [0.25, 0.3) is 5.91 Å². The highest BCUT2D eigenvalue weighted by Crippen LogP contribution is 2.16. The smallest absolute Gasteiger partial charge is 0.256 e. The summed E-state index contributed by atoms with van der Waals surface area (Å²) in [7, 11) is 0. The van der Waals surface area contributed by atoms with Crippen molar-refractivity contribution in [2.75, 3.05) is 6.61 Å². The van der Waals surface area contributed by atoms with Crippen LogP contribution >= 0.6 is 11.3 Å². The molecule has 0 unspecified atom stereocenters. The highest BCUT2D eigenvalue weighted by atomic mass is 32.1. The summed E-state index contributed by atoms with van der Waals surface area (Å²) in [6, 6.07) is 1.86. The third kappa shape index (κ3) is 3.22. The molecule has 0 saturated heterocycles. The van der Waals surface area contributed by atoms with Crippen LogP contribution < -0.4 is 5.32 Å². The van der Waals surface area contributed by atoms with Crippen molar-refractivity contribution in [3.05, 3.63) is 39.4 Å². The van der Waals surface area contributed by atoms with Crippen LogP contribution in [0.5, 0.6) is 0 Å². The van der Waals surface area contributed by atoms with E-state index in [1.54, 1.807) is 6.92 Å². The Bertz CT molecular complexity index is 634. The molecule has 0 aliphatic carbocycles. The fourth-order valence-electron chi connectivity index (χ4n) is 1.50. The normalized spacial score (nSPS) is 9.79. The minimum absolute atomic E-state index is 0.179. The van der Waals surface area contributed by atoms with Crippen LogP contribution in [-0.4, -0.2) is 22.8 Å². The molecule has 0 aromatic carbocycles. The van der Waals surface area contributed by atoms with Gasteiger partial charge in [0.2, 0.25) is 0 Å². The molecule has 0 bridgehead atoms. The maximum absolute atomic E-state index is 11.9. The van der Waals surface area contributed by atoms with E-state index in [0.717, 1.165) is 10.4 Å². The van der Waals surface area contributed by atoms with Crippen LogP contribution in [0.1, 0.15) is 26.6 Å². The first kappa shape index (κ1) is 13.3. The number of nitrogens with zero attached hydrogens (tertiary/aromatic N) is 1. The van der Waals surface area contributed by atoms with E-state index >= 15 is 0 Å². The number of aryl methyl sites for hydroxylation is 1. The van der Waals surface area contributed by atoms with Crippen molar-refractivity contribution in [3.63, 3.8) is 0 Å². The zero-order valence-corrected chi connectivity index (χ0v) is 11.1. The lowest BCUT2D eigenvalue weighted by Gasteiger charge is -2.02. The number of hydrogen-bond donors (Lipinski definition) is 2. The quantitative estimate of drug-likeness (QED) is 0.829. The number of carbonyl (C=O) groups is 1. The van der Waals surface area contributed by atoms with Gasteiger partial charge in [0.1, 0.15) is 17.9 Å². The summed E-state index contributed by atoms with van der Waals surface area (Å²) in [5.74, 6) is 5.69. The summed E-state index contributed by atoms with van der Waals surface area (Å²) in [5.41, 5.74) is 1.25. The molecule has 0 saturated carbocycles. The lowest BCUT2D eigenvalue weighted by Crippen LogP contribution is -2.22. The average molecular weight is 276 g/mol. The summed E-state index contributed by atoms with van der Waals surface area (Å²) in [5, 5.41) is 16.9. The van der Waals surface area contributed by atoms with E-state index in [2.05, 4.69) is 22.3 Å². The molecule has 0 aliphatic rings. The Morgan fingerprint density at radius 2 is 2.47 bits per heavy atom. The molecule has 2 aromatic heterocycles. The van der Waals surface area contributed by atoms with E-state index in [9.17, 15) is 4.79 Å². The number of nitrogens with one attached hydrogen (secondary N) is 1. The van der Waals surface area contributed by atoms with Gasteiger partial charge in [-0.25, -0.2) is 0 Å². The van der Waals surface area contributed by atoms with Gasteiger partial charge < -0.3 is 14.9 Å². The molecule has 1 amide bonds. The molecular weight excluding hydrogens is 264 g/mol. The fourth-order valence-corrected chi connectivity index (χ4v) is 2.27. The van der Waals surface area contributed by atoms with Crippen LogP contribution in [0.4, 0.5) is 0 Å². The van der Waals surface area contributed by atoms with Gasteiger partial charge in [-0.05, 0) is 18.4 Å². The predicted molar refractivity (Wildman–Crippen MR) is 70.7 cm³/mol. The van der Waals surface area contributed by atoms with Gasteiger partial charge in [-0.1, -0.05) is 17.0 Å². The summed E-state index contributed by atoms with van der Waals surface area (Å²) in [6.07, 6.45) is 1.39. The van der Waals surface area contributed by atoms with Gasteiger partial charge in [-0.15, -0.1) is 11.3 Å². The maximum Gasteiger partial charge on any atom is 0.256 e. The van der Waals surface area contributed by atoms with E-state index in [0.29, 0.717) is 17.9 Å². The van der Waals surface area contributed by atoms with Crippen molar-refractivity contribution < 1.29 is 14.4 Å². The van der Waals surface area contributed by atoms with Gasteiger partial charge in [0.15, 0.2) is 0 Å². The zero-order valence-electron chi connectivity index (χ0n) is 10.3. The van der Waals surface area contributed by atoms with E-state index in [1.807, 2.05) is 11.4 Å². The molecule has 0 radical (unpaired) electrons. The number of rotatable bonds is 3. The molecule has 98 valence electrons. The fraction of sp³-hybridized carbons (Fsp3) is 0.231. The standard InChI is InChI=1S/C13H12N2O3S/c1-9-11(7-15-18-9)13(17)14-8-12-10(3-2-5-16)4-6-19-12/h4,6-7,16H,5,8H2,1H3,(H,14,17). The van der Waals surface area contributed by atoms with Crippen molar-refractivity contribution >= 4 is 17.2 Å². The number of aliphatic hydroxyl groups is 1. The van der Waals surface area contributed by atoms with E-state index in [-0.39, 0.29) is 12.5 Å². The molecule has 0 aliphatic heterocycles. The Balaban J connectivity index is 2.02. The number of amides is 1. The van der Waals surface area contributed by atoms with Crippen LogP contribution in [0.2, 0.25) is 0 Å². The van der Waals surface area contributed by atoms with E-state index in [1.165, 1.54) is 17.5 Å². The molecule has 19 heavy (non-hydrogen) atoms. The Kier molecular flexibility index (Phi) is 4.34. The second-order valence-corrected chi connectivity index (χ2v) is 4.70. The molecule has 5 nitrogen and oxygen atoms in total. The van der Waals surface area contributed by atoms with Gasteiger partial charge >= 0.3 is 0 Å². The van der Waals surface area contributed by atoms with E-state index in [4.69, 9.17) is 9.63 Å². The molecule has 6 heteroatoms. The molecule has 2 N–H and O–H groups in total. The van der Waals surface area contributed by atoms with Crippen molar-refractivity contribution in [2.45, 2.75) is 13.5 Å². The highest BCUT2D eigenvalue weighted by molar-refractivity contribution is 7.10. The maximum atomic E-state index is 11.9. The molecule has 2 rings (SSSR count). The minimum atomic E-state index is -0.229. The minimum Gasteiger partial charge on any atom is -0.384 e. The number of aromatic nitrogens is 1. The van der Waals surface area contributed by atoms with Gasteiger partial charge in [-0.2, -0.15) is 0 Å². The SMILES string of the molecule is Cc1oncc1C(=O)NCc1sccc1C#CCO. The van der Waals surface area contributed by atoms with Crippen molar-refractivity contribution in [1.82, 2.24) is 10.5 Å². The van der Waals surface area contributed by atoms with Crippen LogP contribution in [0.25, 0.3) is 0 Å². The van der Waals surface area contributed by atoms with Gasteiger partial charge in [0, 0.05) is 10.4 Å². The summed E-state index contributed by atoms with van der Waals surface area (Å²) >= 11 is 1.51. The summed E-state index contributed by atoms with van der Waals surface area (Å²) in [6.45, 7) is 1.89. The van der Waals surface area contributed by atoms with Crippen LogP contribution in [0, 0.1) is 18.8 Å². The largest absolute Gasteiger partial charge is 0.384 e. The third-order valence-corrected chi connectivity index (χ3v) is 3.37. The number of thiophene rings is 1. The van der Waals surface area contributed by atoms with Crippen molar-refractivity contribution in [1.29, 1.82) is 0 Å². The molecular formula is C13H12N2O3S. The topological polar surface area (TPSA) is 75.4 Å². The van der Waals surface area contributed by atoms with Crippen LogP contribution in [0.15, 0.2) is 22.2 Å². The number of aliphatic hydroxyl groups excluding tert-OH is 1. The number of carbonyl (C=O) groups excluding carboxylic acids is 1. The van der Waals surface area contributed by atoms with Gasteiger partial charge in [0.05, 0.1) is 12.7 Å². The number of hydrogen-bond acceptors (Lipinski definition) is 5. The summed E-state index contributed by atoms with van der Waals surface area (Å²) in [4.78, 5) is 12.8. The van der Waals surface area contributed by atoms with Crippen molar-refractivity contribution in [2.24, 2.45) is 0 Å². The lowest BCUT2D eigenvalue weighted by atomic mass is 10.2. The first-order valence-corrected chi connectivity index (χ1v) is 6.46. The molecule has 0 spiro atoms. The Labute approximate surface area is 114 Å². The molecule has 2 heterocycles. The Morgan fingerprint density at radius 1 is 1.63 bits per heavy atom. The van der Waals surface area contributed by atoms with Crippen molar-refractivity contribution in [3.8, 4) is 11.8 Å². The van der Waals surface area contributed by atoms with E-state index < -0.39 is 0 Å². The average Bonchev–Trinajstić information content (AvgIpc) is 3.02. The van der Waals surface area contributed by atoms with Crippen LogP contribution in [-0.2, 0) is 6.54 Å². The predicted octanol–water partition coefficient (Wildman–Crippen LogP) is 1.32. The first-order chi connectivity index (χ1) is 9.22. The van der Waals surface area contributed by atoms with Gasteiger partial charge in [-0.3, -0.25) is 4.79 Å². The summed E-state index contributed by atoms with van der Waals surface area (Å²) < 4.78 is 4.84. The second kappa shape index (κ2) is 6.18. The zero-order chi connectivity index (χ0) is 13.7. The Hall–Kier alpha value is -2.10. The molecule has 2 aromatic rings. The molecule has 0 fully saturated rings.